The number of methoxy groups -OCH3 is 1. The Morgan fingerprint density at radius 1 is 1.42 bits per heavy atom. The minimum absolute atomic E-state index is 0.0950. The molecule has 1 atom stereocenters. The van der Waals surface area contributed by atoms with E-state index in [-0.39, 0.29) is 11.9 Å². The molecule has 1 N–H and O–H groups in total. The highest BCUT2D eigenvalue weighted by Gasteiger charge is 2.25. The quantitative estimate of drug-likeness (QED) is 0.811. The van der Waals surface area contributed by atoms with E-state index in [0.29, 0.717) is 6.61 Å². The molecule has 0 spiro atoms. The first-order chi connectivity index (χ1) is 9.22. The van der Waals surface area contributed by atoms with Crippen LogP contribution in [0.5, 0.6) is 0 Å². The van der Waals surface area contributed by atoms with Gasteiger partial charge in [0.05, 0.1) is 6.04 Å². The molecule has 0 aliphatic carbocycles. The molecule has 2 rings (SSSR count). The highest BCUT2D eigenvalue weighted by Crippen LogP contribution is 2.17. The Hall–Kier alpha value is -1.39. The van der Waals surface area contributed by atoms with Crippen LogP contribution >= 0.6 is 0 Å². The molecule has 0 saturated heterocycles. The summed E-state index contributed by atoms with van der Waals surface area (Å²) < 4.78 is 5.01. The van der Waals surface area contributed by atoms with Gasteiger partial charge in [0.25, 0.3) is 0 Å². The van der Waals surface area contributed by atoms with E-state index in [4.69, 9.17) is 4.74 Å². The van der Waals surface area contributed by atoms with Crippen molar-refractivity contribution in [3.05, 3.63) is 35.4 Å². The van der Waals surface area contributed by atoms with Gasteiger partial charge in [0.15, 0.2) is 0 Å². The summed E-state index contributed by atoms with van der Waals surface area (Å²) in [6, 6.07) is 8.21. The number of fused-ring (bicyclic) bond motifs is 1. The van der Waals surface area contributed by atoms with Gasteiger partial charge in [-0.3, -0.25) is 4.79 Å². The number of amides is 1. The number of nitrogens with zero attached hydrogens (tertiary/aromatic N) is 1. The van der Waals surface area contributed by atoms with Crippen LogP contribution in [-0.4, -0.2) is 44.2 Å². The molecule has 1 unspecified atom stereocenters. The van der Waals surface area contributed by atoms with Gasteiger partial charge in [0, 0.05) is 33.9 Å². The van der Waals surface area contributed by atoms with Crippen LogP contribution in [-0.2, 0) is 22.5 Å². The molecule has 104 valence electrons. The Bertz CT molecular complexity index is 434. The lowest BCUT2D eigenvalue weighted by Gasteiger charge is -2.29. The van der Waals surface area contributed by atoms with Gasteiger partial charge in [-0.25, -0.2) is 0 Å². The first-order valence-electron chi connectivity index (χ1n) is 6.76. The van der Waals surface area contributed by atoms with Crippen molar-refractivity contribution in [3.63, 3.8) is 0 Å². The molecule has 1 aromatic rings. The van der Waals surface area contributed by atoms with Crippen molar-refractivity contribution >= 4 is 5.91 Å². The van der Waals surface area contributed by atoms with Gasteiger partial charge in [-0.2, -0.15) is 0 Å². The van der Waals surface area contributed by atoms with Gasteiger partial charge >= 0.3 is 0 Å². The highest BCUT2D eigenvalue weighted by molar-refractivity contribution is 5.82. The van der Waals surface area contributed by atoms with Crippen molar-refractivity contribution in [1.82, 2.24) is 10.2 Å². The number of likely N-dealkylation sites (N-methyl/N-ethyl adjacent to an activating group) is 1. The number of nitrogens with one attached hydrogen (secondary N) is 1. The number of carbonyl (C=O) groups is 1. The average molecular weight is 262 g/mol. The number of carbonyl (C=O) groups excluding carboxylic acids is 1. The first kappa shape index (κ1) is 14.0. The maximum Gasteiger partial charge on any atom is 0.239 e. The average Bonchev–Trinajstić information content (AvgIpc) is 2.46. The predicted octanol–water partition coefficient (Wildman–Crippen LogP) is 1.20. The van der Waals surface area contributed by atoms with Crippen LogP contribution in [0.3, 0.4) is 0 Å². The predicted molar refractivity (Wildman–Crippen MR) is 74.9 cm³/mol. The molecule has 4 heteroatoms. The van der Waals surface area contributed by atoms with E-state index >= 15 is 0 Å². The topological polar surface area (TPSA) is 41.6 Å². The third-order valence-electron chi connectivity index (χ3n) is 3.60. The van der Waals surface area contributed by atoms with E-state index in [0.717, 1.165) is 25.9 Å². The third kappa shape index (κ3) is 3.55. The summed E-state index contributed by atoms with van der Waals surface area (Å²) in [6.45, 7) is 2.21. The van der Waals surface area contributed by atoms with Crippen molar-refractivity contribution < 1.29 is 9.53 Å². The van der Waals surface area contributed by atoms with Crippen LogP contribution in [0, 0.1) is 0 Å². The second kappa shape index (κ2) is 6.68. The Labute approximate surface area is 114 Å². The van der Waals surface area contributed by atoms with E-state index in [1.54, 1.807) is 12.0 Å². The van der Waals surface area contributed by atoms with Crippen LogP contribution in [0.15, 0.2) is 24.3 Å². The molecule has 0 aromatic heterocycles. The number of rotatable bonds is 5. The van der Waals surface area contributed by atoms with Crippen LogP contribution in [0.25, 0.3) is 0 Å². The fraction of sp³-hybridized carbons (Fsp3) is 0.533. The van der Waals surface area contributed by atoms with Crippen molar-refractivity contribution in [2.45, 2.75) is 25.4 Å². The Morgan fingerprint density at radius 2 is 2.16 bits per heavy atom. The molecule has 1 aromatic carbocycles. The Balaban J connectivity index is 1.91. The molecule has 19 heavy (non-hydrogen) atoms. The molecule has 1 aliphatic heterocycles. The SMILES string of the molecule is COCCCN(C)C(=O)C1Cc2ccccc2CN1. The number of hydrogen-bond donors (Lipinski definition) is 1. The van der Waals surface area contributed by atoms with Crippen LogP contribution in [0.1, 0.15) is 17.5 Å². The maximum absolute atomic E-state index is 12.3. The molecular formula is C15H22N2O2. The zero-order chi connectivity index (χ0) is 13.7. The monoisotopic (exact) mass is 262 g/mol. The van der Waals surface area contributed by atoms with E-state index in [1.807, 2.05) is 19.2 Å². The number of benzene rings is 1. The zero-order valence-corrected chi connectivity index (χ0v) is 11.7. The Morgan fingerprint density at radius 3 is 2.89 bits per heavy atom. The smallest absolute Gasteiger partial charge is 0.239 e. The molecule has 0 radical (unpaired) electrons. The summed E-state index contributed by atoms with van der Waals surface area (Å²) in [6.07, 6.45) is 1.66. The van der Waals surface area contributed by atoms with Crippen LogP contribution in [0.2, 0.25) is 0 Å². The minimum Gasteiger partial charge on any atom is -0.385 e. The normalized spacial score (nSPS) is 17.9. The molecule has 0 saturated carbocycles. The summed E-state index contributed by atoms with van der Waals surface area (Å²) >= 11 is 0. The van der Waals surface area contributed by atoms with E-state index in [1.165, 1.54) is 11.1 Å². The molecule has 0 fully saturated rings. The molecule has 0 bridgehead atoms. The minimum atomic E-state index is -0.0950. The van der Waals surface area contributed by atoms with E-state index < -0.39 is 0 Å². The van der Waals surface area contributed by atoms with Crippen molar-refractivity contribution in [2.75, 3.05) is 27.3 Å². The van der Waals surface area contributed by atoms with Crippen molar-refractivity contribution in [2.24, 2.45) is 0 Å². The highest BCUT2D eigenvalue weighted by atomic mass is 16.5. The molecule has 1 amide bonds. The van der Waals surface area contributed by atoms with Gasteiger partial charge in [0.1, 0.15) is 0 Å². The summed E-state index contributed by atoms with van der Waals surface area (Å²) in [5.41, 5.74) is 2.58. The van der Waals surface area contributed by atoms with Gasteiger partial charge < -0.3 is 15.0 Å². The van der Waals surface area contributed by atoms with Gasteiger partial charge in [-0.05, 0) is 24.0 Å². The lowest BCUT2D eigenvalue weighted by molar-refractivity contribution is -0.132. The number of hydrogen-bond acceptors (Lipinski definition) is 3. The second-order valence-electron chi connectivity index (χ2n) is 5.01. The number of ether oxygens (including phenoxy) is 1. The second-order valence-corrected chi connectivity index (χ2v) is 5.01. The lowest BCUT2D eigenvalue weighted by Crippen LogP contribution is -2.48. The van der Waals surface area contributed by atoms with E-state index in [9.17, 15) is 4.79 Å². The summed E-state index contributed by atoms with van der Waals surface area (Å²) in [5, 5.41) is 3.32. The molecule has 1 heterocycles. The van der Waals surface area contributed by atoms with Gasteiger partial charge in [-0.15, -0.1) is 0 Å². The summed E-state index contributed by atoms with van der Waals surface area (Å²) in [7, 11) is 3.54. The largest absolute Gasteiger partial charge is 0.385 e. The van der Waals surface area contributed by atoms with Crippen LogP contribution in [0.4, 0.5) is 0 Å². The fourth-order valence-electron chi connectivity index (χ4n) is 2.45. The third-order valence-corrected chi connectivity index (χ3v) is 3.60. The lowest BCUT2D eigenvalue weighted by atomic mass is 9.95. The fourth-order valence-corrected chi connectivity index (χ4v) is 2.45. The molecule has 1 aliphatic rings. The van der Waals surface area contributed by atoms with Crippen LogP contribution < -0.4 is 5.32 Å². The van der Waals surface area contributed by atoms with Crippen molar-refractivity contribution in [3.8, 4) is 0 Å². The molecule has 4 nitrogen and oxygen atoms in total. The maximum atomic E-state index is 12.3. The zero-order valence-electron chi connectivity index (χ0n) is 11.7. The first-order valence-corrected chi connectivity index (χ1v) is 6.76. The van der Waals surface area contributed by atoms with E-state index in [2.05, 4.69) is 17.4 Å². The Kier molecular flexibility index (Phi) is 4.93. The molecular weight excluding hydrogens is 240 g/mol. The summed E-state index contributed by atoms with van der Waals surface area (Å²) in [4.78, 5) is 14.1. The standard InChI is InChI=1S/C15H22N2O2/c1-17(8-5-9-19-2)15(18)14-10-12-6-3-4-7-13(12)11-16-14/h3-4,6-7,14,16H,5,8-11H2,1-2H3. The van der Waals surface area contributed by atoms with Gasteiger partial charge in [-0.1, -0.05) is 24.3 Å². The van der Waals surface area contributed by atoms with Crippen molar-refractivity contribution in [1.29, 1.82) is 0 Å². The van der Waals surface area contributed by atoms with Gasteiger partial charge in [0.2, 0.25) is 5.91 Å². The summed E-state index contributed by atoms with van der Waals surface area (Å²) in [5.74, 6) is 0.172.